The highest BCUT2D eigenvalue weighted by molar-refractivity contribution is 6.08. The first-order chi connectivity index (χ1) is 18.6. The number of benzene rings is 3. The lowest BCUT2D eigenvalue weighted by Gasteiger charge is -2.26. The van der Waals surface area contributed by atoms with Crippen molar-refractivity contribution in [2.24, 2.45) is 0 Å². The van der Waals surface area contributed by atoms with Crippen LogP contribution in [-0.4, -0.2) is 33.5 Å². The van der Waals surface area contributed by atoms with Crippen molar-refractivity contribution < 1.29 is 27.9 Å². The highest BCUT2D eigenvalue weighted by Gasteiger charge is 2.30. The number of nitrogens with one attached hydrogen (secondary N) is 1. The molecule has 0 fully saturated rings. The molecule has 0 unspecified atom stereocenters. The van der Waals surface area contributed by atoms with Crippen molar-refractivity contribution in [1.29, 1.82) is 0 Å². The van der Waals surface area contributed by atoms with Gasteiger partial charge in [0, 0.05) is 30.5 Å². The van der Waals surface area contributed by atoms with Crippen LogP contribution >= 0.6 is 0 Å². The van der Waals surface area contributed by atoms with E-state index in [4.69, 9.17) is 10.8 Å². The van der Waals surface area contributed by atoms with E-state index in [9.17, 15) is 22.8 Å². The maximum absolute atomic E-state index is 13.0. The molecule has 3 aromatic carbocycles. The Labute approximate surface area is 222 Å². The van der Waals surface area contributed by atoms with Crippen LogP contribution in [-0.2, 0) is 19.1 Å². The standard InChI is InChI=1S/C24H19F3N2O3.C5H6N2/c25-24(26,27)18-8-5-15(6-9-18)20-3-1-2-4-21(20)22(30)28-19-10-7-17-14-29(23(31)32)12-11-16(17)13-19;6-5-3-1-2-4-7-5/h1-10,13H,11-12,14H2,(H,28,30)(H,31,32);1-4H,(H2,6,7). The van der Waals surface area contributed by atoms with Gasteiger partial charge in [-0.25, -0.2) is 9.78 Å². The number of aromatic nitrogens is 1. The van der Waals surface area contributed by atoms with Crippen LogP contribution in [0.1, 0.15) is 27.0 Å². The summed E-state index contributed by atoms with van der Waals surface area (Å²) in [6.07, 6.45) is -3.18. The number of hydrogen-bond acceptors (Lipinski definition) is 4. The molecule has 2 amide bonds. The van der Waals surface area contributed by atoms with E-state index in [0.29, 0.717) is 47.7 Å². The van der Waals surface area contributed by atoms with E-state index in [1.165, 1.54) is 17.0 Å². The SMILES string of the molecule is Nc1ccccn1.O=C(Nc1ccc2c(c1)CCN(C(=O)O)C2)c1ccccc1-c1ccc(C(F)(F)F)cc1. The number of anilines is 2. The summed E-state index contributed by atoms with van der Waals surface area (Å²) in [6.45, 7) is 0.687. The first-order valence-electron chi connectivity index (χ1n) is 12.0. The predicted molar refractivity (Wildman–Crippen MR) is 142 cm³/mol. The van der Waals surface area contributed by atoms with Crippen molar-refractivity contribution in [3.8, 4) is 11.1 Å². The number of carbonyl (C=O) groups is 2. The van der Waals surface area contributed by atoms with E-state index in [1.54, 1.807) is 48.7 Å². The van der Waals surface area contributed by atoms with Gasteiger partial charge in [0.25, 0.3) is 5.91 Å². The second-order valence-corrected chi connectivity index (χ2v) is 8.77. The van der Waals surface area contributed by atoms with E-state index in [-0.39, 0.29) is 5.91 Å². The van der Waals surface area contributed by atoms with Crippen LogP contribution in [0.2, 0.25) is 0 Å². The van der Waals surface area contributed by atoms with Crippen LogP contribution in [0.3, 0.4) is 0 Å². The summed E-state index contributed by atoms with van der Waals surface area (Å²) in [6, 6.07) is 22.2. The molecule has 4 aromatic rings. The number of alkyl halides is 3. The Morgan fingerprint density at radius 2 is 1.64 bits per heavy atom. The Morgan fingerprint density at radius 1 is 0.923 bits per heavy atom. The van der Waals surface area contributed by atoms with Crippen LogP contribution in [0.25, 0.3) is 11.1 Å². The number of halogens is 3. The zero-order valence-electron chi connectivity index (χ0n) is 20.7. The summed E-state index contributed by atoms with van der Waals surface area (Å²) in [5, 5.41) is 12.0. The van der Waals surface area contributed by atoms with Crippen molar-refractivity contribution in [3.05, 3.63) is 113 Å². The molecule has 0 saturated heterocycles. The summed E-state index contributed by atoms with van der Waals surface area (Å²) in [5.74, 6) is 0.186. The molecule has 0 radical (unpaired) electrons. The van der Waals surface area contributed by atoms with Crippen molar-refractivity contribution in [2.45, 2.75) is 19.1 Å². The second-order valence-electron chi connectivity index (χ2n) is 8.77. The smallest absolute Gasteiger partial charge is 0.416 e. The van der Waals surface area contributed by atoms with Crippen LogP contribution in [0, 0.1) is 0 Å². The van der Waals surface area contributed by atoms with Crippen molar-refractivity contribution in [2.75, 3.05) is 17.6 Å². The zero-order chi connectivity index (χ0) is 28.0. The molecular weight excluding hydrogens is 509 g/mol. The molecule has 5 rings (SSSR count). The summed E-state index contributed by atoms with van der Waals surface area (Å²) in [4.78, 5) is 29.2. The quantitative estimate of drug-likeness (QED) is 0.285. The van der Waals surface area contributed by atoms with Gasteiger partial charge in [-0.15, -0.1) is 0 Å². The normalized spacial score (nSPS) is 12.5. The van der Waals surface area contributed by atoms with E-state index >= 15 is 0 Å². The number of pyridine rings is 1. The molecule has 1 aliphatic heterocycles. The minimum atomic E-state index is -4.43. The summed E-state index contributed by atoms with van der Waals surface area (Å²) in [5.41, 5.74) is 8.28. The Hall–Kier alpha value is -4.86. The molecule has 0 saturated carbocycles. The maximum atomic E-state index is 13.0. The molecule has 2 heterocycles. The van der Waals surface area contributed by atoms with Gasteiger partial charge < -0.3 is 21.1 Å². The fraction of sp³-hybridized carbons (Fsp3) is 0.138. The van der Waals surface area contributed by atoms with Gasteiger partial charge in [-0.2, -0.15) is 13.2 Å². The first kappa shape index (κ1) is 27.2. The molecule has 1 aliphatic rings. The molecule has 0 atom stereocenters. The fourth-order valence-electron chi connectivity index (χ4n) is 4.14. The summed E-state index contributed by atoms with van der Waals surface area (Å²) < 4.78 is 38.6. The van der Waals surface area contributed by atoms with E-state index in [2.05, 4.69) is 10.3 Å². The molecule has 0 spiro atoms. The van der Waals surface area contributed by atoms with Gasteiger partial charge in [0.05, 0.1) is 5.56 Å². The molecule has 200 valence electrons. The topological polar surface area (TPSA) is 109 Å². The van der Waals surface area contributed by atoms with Gasteiger partial charge in [-0.3, -0.25) is 4.79 Å². The molecule has 0 bridgehead atoms. The van der Waals surface area contributed by atoms with Crippen molar-refractivity contribution in [1.82, 2.24) is 9.88 Å². The molecule has 4 N–H and O–H groups in total. The Kier molecular flexibility index (Phi) is 8.14. The van der Waals surface area contributed by atoms with E-state index < -0.39 is 17.8 Å². The number of hydrogen-bond donors (Lipinski definition) is 3. The van der Waals surface area contributed by atoms with Gasteiger partial charge in [-0.1, -0.05) is 42.5 Å². The number of carbonyl (C=O) groups excluding carboxylic acids is 1. The highest BCUT2D eigenvalue weighted by Crippen LogP contribution is 2.32. The number of rotatable bonds is 3. The lowest BCUT2D eigenvalue weighted by molar-refractivity contribution is -0.137. The third-order valence-electron chi connectivity index (χ3n) is 6.13. The minimum Gasteiger partial charge on any atom is -0.465 e. The number of fused-ring (bicyclic) bond motifs is 1. The minimum absolute atomic E-state index is 0.301. The predicted octanol–water partition coefficient (Wildman–Crippen LogP) is 6.32. The zero-order valence-corrected chi connectivity index (χ0v) is 20.7. The second kappa shape index (κ2) is 11.7. The fourth-order valence-corrected chi connectivity index (χ4v) is 4.14. The number of nitrogens with two attached hydrogens (primary N) is 1. The average molecular weight is 535 g/mol. The number of carboxylic acid groups (broad SMARTS) is 1. The maximum Gasteiger partial charge on any atom is 0.416 e. The van der Waals surface area contributed by atoms with Crippen molar-refractivity contribution in [3.63, 3.8) is 0 Å². The van der Waals surface area contributed by atoms with Gasteiger partial charge in [0.1, 0.15) is 5.82 Å². The van der Waals surface area contributed by atoms with Crippen LogP contribution in [0.4, 0.5) is 29.5 Å². The molecule has 39 heavy (non-hydrogen) atoms. The van der Waals surface area contributed by atoms with Crippen molar-refractivity contribution >= 4 is 23.5 Å². The van der Waals surface area contributed by atoms with Gasteiger partial charge in [0.15, 0.2) is 0 Å². The molecule has 1 aromatic heterocycles. The van der Waals surface area contributed by atoms with Crippen LogP contribution < -0.4 is 11.1 Å². The summed E-state index contributed by atoms with van der Waals surface area (Å²) in [7, 11) is 0. The third kappa shape index (κ3) is 6.92. The Bertz CT molecular complexity index is 1460. The Morgan fingerprint density at radius 3 is 2.26 bits per heavy atom. The van der Waals surface area contributed by atoms with Crippen LogP contribution in [0.5, 0.6) is 0 Å². The van der Waals surface area contributed by atoms with Crippen LogP contribution in [0.15, 0.2) is 91.1 Å². The number of nitrogen functional groups attached to an aromatic ring is 1. The van der Waals surface area contributed by atoms with Gasteiger partial charge >= 0.3 is 12.3 Å². The lowest BCUT2D eigenvalue weighted by Crippen LogP contribution is -2.34. The molecule has 10 heteroatoms. The Balaban J connectivity index is 0.000000438. The van der Waals surface area contributed by atoms with E-state index in [0.717, 1.165) is 23.3 Å². The monoisotopic (exact) mass is 534 g/mol. The molecular formula is C29H25F3N4O3. The first-order valence-corrected chi connectivity index (χ1v) is 12.0. The molecule has 7 nitrogen and oxygen atoms in total. The van der Waals surface area contributed by atoms with Gasteiger partial charge in [0.2, 0.25) is 0 Å². The highest BCUT2D eigenvalue weighted by atomic mass is 19.4. The summed E-state index contributed by atoms with van der Waals surface area (Å²) >= 11 is 0. The molecule has 0 aliphatic carbocycles. The van der Waals surface area contributed by atoms with Gasteiger partial charge in [-0.05, 0) is 71.1 Å². The number of amides is 2. The van der Waals surface area contributed by atoms with E-state index in [1.807, 2.05) is 18.2 Å². The largest absolute Gasteiger partial charge is 0.465 e. The average Bonchev–Trinajstić information content (AvgIpc) is 2.93. The lowest BCUT2D eigenvalue weighted by atomic mass is 9.97. The third-order valence-corrected chi connectivity index (χ3v) is 6.13. The number of nitrogens with zero attached hydrogens (tertiary/aromatic N) is 2.